The summed E-state index contributed by atoms with van der Waals surface area (Å²) in [6.07, 6.45) is 5.55. The summed E-state index contributed by atoms with van der Waals surface area (Å²) in [5, 5.41) is 14.8. The summed E-state index contributed by atoms with van der Waals surface area (Å²) in [5.41, 5.74) is 7.35. The van der Waals surface area contributed by atoms with Crippen molar-refractivity contribution >= 4 is 11.7 Å². The van der Waals surface area contributed by atoms with E-state index in [1.807, 2.05) is 59.6 Å². The van der Waals surface area contributed by atoms with Crippen LogP contribution in [0.2, 0.25) is 0 Å². The number of nitrogens with zero attached hydrogens (tertiary/aromatic N) is 6. The van der Waals surface area contributed by atoms with Crippen LogP contribution in [-0.4, -0.2) is 47.8 Å². The van der Waals surface area contributed by atoms with E-state index in [2.05, 4.69) is 68.9 Å². The fourth-order valence-corrected chi connectivity index (χ4v) is 5.98. The van der Waals surface area contributed by atoms with E-state index < -0.39 is 5.54 Å². The average Bonchev–Trinajstić information content (AvgIpc) is 3.77. The highest BCUT2D eigenvalue weighted by atomic mass is 16.2. The number of aryl methyl sites for hydroxylation is 1. The van der Waals surface area contributed by atoms with Crippen LogP contribution in [-0.2, 0) is 11.3 Å². The average molecular weight is 540 g/mol. The number of rotatable bonds is 6. The monoisotopic (exact) mass is 539 g/mol. The third-order valence-electron chi connectivity index (χ3n) is 8.10. The molecule has 8 nitrogen and oxygen atoms in total. The number of H-pyrrole nitrogens is 1. The Morgan fingerprint density at radius 2 is 1.63 bits per heavy atom. The molecule has 0 radical (unpaired) electrons. The number of amidine groups is 1. The number of pyridine rings is 1. The zero-order valence-corrected chi connectivity index (χ0v) is 22.8. The second kappa shape index (κ2) is 10.2. The second-order valence-electron chi connectivity index (χ2n) is 10.8. The fourth-order valence-electron chi connectivity index (χ4n) is 5.98. The summed E-state index contributed by atoms with van der Waals surface area (Å²) in [6, 6.07) is 28.6. The van der Waals surface area contributed by atoms with Crippen molar-refractivity contribution in [2.75, 3.05) is 0 Å². The number of benzene rings is 3. The lowest BCUT2D eigenvalue weighted by molar-refractivity contribution is -0.131. The molecular weight excluding hydrogens is 510 g/mol. The smallest absolute Gasteiger partial charge is 0.256 e. The predicted molar refractivity (Wildman–Crippen MR) is 158 cm³/mol. The molecule has 0 bridgehead atoms. The first kappa shape index (κ1) is 25.0. The fraction of sp³-hybridized carbons (Fsp3) is 0.212. The number of hydrogen-bond donors (Lipinski definition) is 1. The first-order valence-electron chi connectivity index (χ1n) is 14.0. The van der Waals surface area contributed by atoms with Crippen molar-refractivity contribution in [2.24, 2.45) is 4.99 Å². The van der Waals surface area contributed by atoms with E-state index >= 15 is 0 Å². The van der Waals surface area contributed by atoms with E-state index in [1.165, 1.54) is 0 Å². The van der Waals surface area contributed by atoms with E-state index in [-0.39, 0.29) is 5.91 Å². The molecule has 0 unspecified atom stereocenters. The van der Waals surface area contributed by atoms with Gasteiger partial charge in [0.1, 0.15) is 11.4 Å². The van der Waals surface area contributed by atoms with Gasteiger partial charge in [-0.1, -0.05) is 73.5 Å². The molecule has 0 saturated heterocycles. The Hall–Kier alpha value is -4.98. The van der Waals surface area contributed by atoms with Gasteiger partial charge in [0, 0.05) is 22.9 Å². The van der Waals surface area contributed by atoms with Crippen molar-refractivity contribution in [1.29, 1.82) is 0 Å². The van der Waals surface area contributed by atoms with Crippen LogP contribution in [0.4, 0.5) is 0 Å². The first-order chi connectivity index (χ1) is 20.1. The molecule has 0 atom stereocenters. The van der Waals surface area contributed by atoms with Crippen LogP contribution in [0.5, 0.6) is 0 Å². The Kier molecular flexibility index (Phi) is 6.23. The summed E-state index contributed by atoms with van der Waals surface area (Å²) in [7, 11) is 0. The first-order valence-corrected chi connectivity index (χ1v) is 14.0. The zero-order chi connectivity index (χ0) is 27.8. The highest BCUT2D eigenvalue weighted by Gasteiger charge is 2.49. The molecule has 1 aliphatic heterocycles. The van der Waals surface area contributed by atoms with E-state index in [0.29, 0.717) is 12.4 Å². The Morgan fingerprint density at radius 3 is 2.37 bits per heavy atom. The molecule has 1 saturated carbocycles. The number of aromatic nitrogens is 5. The molecular formula is C33H29N7O. The lowest BCUT2D eigenvalue weighted by Gasteiger charge is -2.23. The molecule has 1 spiro atoms. The molecule has 2 aromatic heterocycles. The summed E-state index contributed by atoms with van der Waals surface area (Å²) in [6.45, 7) is 2.53. The Bertz CT molecular complexity index is 1740. The third-order valence-corrected chi connectivity index (χ3v) is 8.10. The largest absolute Gasteiger partial charge is 0.290 e. The Morgan fingerprint density at radius 1 is 0.854 bits per heavy atom. The van der Waals surface area contributed by atoms with Crippen LogP contribution in [0.3, 0.4) is 0 Å². The van der Waals surface area contributed by atoms with Gasteiger partial charge in [-0.05, 0) is 71.5 Å². The highest BCUT2D eigenvalue weighted by molar-refractivity contribution is 6.15. The van der Waals surface area contributed by atoms with Gasteiger partial charge in [-0.15, -0.1) is 10.2 Å². The molecule has 1 aliphatic carbocycles. The molecule has 3 heterocycles. The van der Waals surface area contributed by atoms with Gasteiger partial charge in [0.2, 0.25) is 5.82 Å². The maximum atomic E-state index is 13.8. The van der Waals surface area contributed by atoms with Gasteiger partial charge in [-0.3, -0.25) is 19.7 Å². The Balaban J connectivity index is 1.23. The number of aliphatic imine (C=N–C) groups is 1. The number of carbonyl (C=O) groups excluding carboxylic acids is 1. The van der Waals surface area contributed by atoms with E-state index in [4.69, 9.17) is 4.99 Å². The van der Waals surface area contributed by atoms with Crippen molar-refractivity contribution < 1.29 is 4.79 Å². The SMILES string of the molecule is Cc1ccnc(-c2ccc(-c3nn[nH]n3)c(-c3ccc(CN4C(=O)C5(CCCC5)N=C4c4ccccc4)cc3)c2)c1. The number of aromatic amines is 1. The van der Waals surface area contributed by atoms with E-state index in [1.54, 1.807) is 0 Å². The number of amides is 1. The molecule has 5 aromatic rings. The quantitative estimate of drug-likeness (QED) is 0.285. The molecule has 7 rings (SSSR count). The van der Waals surface area contributed by atoms with Crippen LogP contribution in [0.25, 0.3) is 33.8 Å². The normalized spacial score (nSPS) is 16.0. The van der Waals surface area contributed by atoms with Gasteiger partial charge in [-0.25, -0.2) is 0 Å². The van der Waals surface area contributed by atoms with Gasteiger partial charge in [0.05, 0.1) is 12.2 Å². The molecule has 1 fully saturated rings. The standard InChI is InChI=1S/C33H29N7O/c1-22-15-18-34-29(19-22)26-13-14-27(30-36-38-39-37-30)28(20-26)24-11-9-23(10-12-24)21-40-31(25-7-3-2-4-8-25)35-33(32(40)41)16-5-6-17-33/h2-4,7-15,18-20H,5-6,16-17,21H2,1H3,(H,36,37,38,39). The molecule has 3 aromatic carbocycles. The van der Waals surface area contributed by atoms with Crippen molar-refractivity contribution in [2.45, 2.75) is 44.7 Å². The minimum absolute atomic E-state index is 0.121. The topological polar surface area (TPSA) is 100 Å². The molecule has 1 amide bonds. The van der Waals surface area contributed by atoms with Crippen molar-refractivity contribution in [3.63, 3.8) is 0 Å². The maximum Gasteiger partial charge on any atom is 0.256 e. The number of tetrazole rings is 1. The van der Waals surface area contributed by atoms with Crippen molar-refractivity contribution in [3.8, 4) is 33.8 Å². The highest BCUT2D eigenvalue weighted by Crippen LogP contribution is 2.41. The lowest BCUT2D eigenvalue weighted by atomic mass is 9.94. The van der Waals surface area contributed by atoms with Crippen LogP contribution >= 0.6 is 0 Å². The van der Waals surface area contributed by atoms with Crippen LogP contribution < -0.4 is 0 Å². The molecule has 8 heteroatoms. The van der Waals surface area contributed by atoms with Crippen molar-refractivity contribution in [1.82, 2.24) is 30.5 Å². The minimum Gasteiger partial charge on any atom is -0.290 e. The maximum absolute atomic E-state index is 13.8. The van der Waals surface area contributed by atoms with Crippen molar-refractivity contribution in [3.05, 3.63) is 108 Å². The summed E-state index contributed by atoms with van der Waals surface area (Å²) < 4.78 is 0. The number of hydrogen-bond acceptors (Lipinski definition) is 6. The van der Waals surface area contributed by atoms with E-state index in [0.717, 1.165) is 76.2 Å². The summed E-state index contributed by atoms with van der Waals surface area (Å²) in [4.78, 5) is 25.3. The van der Waals surface area contributed by atoms with Gasteiger partial charge in [0.15, 0.2) is 0 Å². The third kappa shape index (κ3) is 4.61. The zero-order valence-electron chi connectivity index (χ0n) is 22.8. The molecule has 202 valence electrons. The summed E-state index contributed by atoms with van der Waals surface area (Å²) in [5.74, 6) is 1.43. The predicted octanol–water partition coefficient (Wildman–Crippen LogP) is 6.01. The van der Waals surface area contributed by atoms with Crippen LogP contribution in [0.15, 0.2) is 96.1 Å². The van der Waals surface area contributed by atoms with Gasteiger partial charge < -0.3 is 0 Å². The van der Waals surface area contributed by atoms with Gasteiger partial charge in [0.25, 0.3) is 5.91 Å². The molecule has 1 N–H and O–H groups in total. The minimum atomic E-state index is -0.602. The summed E-state index contributed by atoms with van der Waals surface area (Å²) >= 11 is 0. The number of nitrogens with one attached hydrogen (secondary N) is 1. The van der Waals surface area contributed by atoms with Crippen LogP contribution in [0, 0.1) is 6.92 Å². The van der Waals surface area contributed by atoms with Crippen LogP contribution in [0.1, 0.15) is 42.4 Å². The van der Waals surface area contributed by atoms with Gasteiger partial charge >= 0.3 is 0 Å². The molecule has 41 heavy (non-hydrogen) atoms. The van der Waals surface area contributed by atoms with Gasteiger partial charge in [-0.2, -0.15) is 5.21 Å². The number of carbonyl (C=O) groups is 1. The Labute approximate surface area is 238 Å². The van der Waals surface area contributed by atoms with E-state index in [9.17, 15) is 4.79 Å². The molecule has 2 aliphatic rings. The lowest BCUT2D eigenvalue weighted by Crippen LogP contribution is -2.40. The second-order valence-corrected chi connectivity index (χ2v) is 10.8.